The molecule has 2 unspecified atom stereocenters. The van der Waals surface area contributed by atoms with Crippen LogP contribution in [0.4, 0.5) is 4.39 Å². The van der Waals surface area contributed by atoms with Gasteiger partial charge in [0.1, 0.15) is 17.7 Å². The summed E-state index contributed by atoms with van der Waals surface area (Å²) in [4.78, 5) is 0. The minimum Gasteiger partial charge on any atom is -0.488 e. The number of nitrogens with two attached hydrogens (primary N) is 1. The van der Waals surface area contributed by atoms with Gasteiger partial charge in [0.05, 0.1) is 6.04 Å². The summed E-state index contributed by atoms with van der Waals surface area (Å²) in [5, 5.41) is 0. The fraction of sp³-hybridized carbons (Fsp3) is 0.294. The molecule has 0 aliphatic heterocycles. The molecule has 0 spiro atoms. The van der Waals surface area contributed by atoms with Crippen LogP contribution >= 0.6 is 0 Å². The number of halogens is 1. The Hall–Kier alpha value is -1.87. The molecule has 0 amide bonds. The van der Waals surface area contributed by atoms with Crippen LogP contribution in [0, 0.1) is 11.7 Å². The van der Waals surface area contributed by atoms with Gasteiger partial charge in [0.25, 0.3) is 0 Å². The summed E-state index contributed by atoms with van der Waals surface area (Å²) in [6, 6.07) is 15.7. The Kier molecular flexibility index (Phi) is 4.74. The van der Waals surface area contributed by atoms with Gasteiger partial charge < -0.3 is 10.5 Å². The Balaban J connectivity index is 2.19. The lowest BCUT2D eigenvalue weighted by Gasteiger charge is -2.28. The van der Waals surface area contributed by atoms with Gasteiger partial charge in [0.15, 0.2) is 0 Å². The third-order valence-electron chi connectivity index (χ3n) is 3.26. The highest BCUT2D eigenvalue weighted by atomic mass is 19.1. The number of ether oxygens (including phenoxy) is 1. The van der Waals surface area contributed by atoms with Crippen LogP contribution in [-0.4, -0.2) is 6.10 Å². The molecule has 2 nitrogen and oxygen atoms in total. The standard InChI is InChI=1S/C17H20FNO/c1-12(2)17(16(19)13-7-4-3-5-8-13)20-15-10-6-9-14(18)11-15/h3-12,16-17H,19H2,1-2H3. The van der Waals surface area contributed by atoms with Crippen LogP contribution in [-0.2, 0) is 0 Å². The van der Waals surface area contributed by atoms with Gasteiger partial charge in [-0.05, 0) is 23.6 Å². The van der Waals surface area contributed by atoms with Crippen LogP contribution < -0.4 is 10.5 Å². The van der Waals surface area contributed by atoms with Crippen LogP contribution in [0.3, 0.4) is 0 Å². The summed E-state index contributed by atoms with van der Waals surface area (Å²) in [6.07, 6.45) is -0.209. The van der Waals surface area contributed by atoms with E-state index in [9.17, 15) is 4.39 Å². The van der Waals surface area contributed by atoms with E-state index in [0.29, 0.717) is 5.75 Å². The average molecular weight is 273 g/mol. The third kappa shape index (κ3) is 3.58. The summed E-state index contributed by atoms with van der Waals surface area (Å²) in [7, 11) is 0. The molecule has 0 aliphatic carbocycles. The van der Waals surface area contributed by atoms with Crippen molar-refractivity contribution in [2.75, 3.05) is 0 Å². The van der Waals surface area contributed by atoms with Gasteiger partial charge in [0.2, 0.25) is 0 Å². The van der Waals surface area contributed by atoms with E-state index in [1.54, 1.807) is 12.1 Å². The minimum atomic E-state index is -0.307. The third-order valence-corrected chi connectivity index (χ3v) is 3.26. The molecule has 0 fully saturated rings. The number of benzene rings is 2. The van der Waals surface area contributed by atoms with Gasteiger partial charge in [-0.2, -0.15) is 0 Å². The maximum absolute atomic E-state index is 13.2. The molecule has 2 aromatic carbocycles. The minimum absolute atomic E-state index is 0.209. The SMILES string of the molecule is CC(C)C(Oc1cccc(F)c1)C(N)c1ccccc1. The van der Waals surface area contributed by atoms with Crippen LogP contribution in [0.25, 0.3) is 0 Å². The topological polar surface area (TPSA) is 35.2 Å². The van der Waals surface area contributed by atoms with Gasteiger partial charge in [-0.1, -0.05) is 50.2 Å². The van der Waals surface area contributed by atoms with Crippen molar-refractivity contribution in [2.24, 2.45) is 11.7 Å². The van der Waals surface area contributed by atoms with E-state index in [0.717, 1.165) is 5.56 Å². The van der Waals surface area contributed by atoms with Crippen LogP contribution in [0.2, 0.25) is 0 Å². The number of rotatable bonds is 5. The predicted molar refractivity (Wildman–Crippen MR) is 79.0 cm³/mol. The fourth-order valence-corrected chi connectivity index (χ4v) is 2.19. The lowest BCUT2D eigenvalue weighted by Crippen LogP contribution is -2.35. The van der Waals surface area contributed by atoms with E-state index in [1.807, 2.05) is 44.2 Å². The second-order valence-corrected chi connectivity index (χ2v) is 5.22. The highest BCUT2D eigenvalue weighted by Gasteiger charge is 2.24. The molecule has 0 radical (unpaired) electrons. The van der Waals surface area contributed by atoms with Crippen molar-refractivity contribution in [3.8, 4) is 5.75 Å². The largest absolute Gasteiger partial charge is 0.488 e. The van der Waals surface area contributed by atoms with Gasteiger partial charge >= 0.3 is 0 Å². The lowest BCUT2D eigenvalue weighted by molar-refractivity contribution is 0.123. The molecule has 2 rings (SSSR count). The van der Waals surface area contributed by atoms with Crippen molar-refractivity contribution in [2.45, 2.75) is 26.0 Å². The lowest BCUT2D eigenvalue weighted by atomic mass is 9.94. The van der Waals surface area contributed by atoms with Crippen LogP contribution in [0.15, 0.2) is 54.6 Å². The Morgan fingerprint density at radius 1 is 1.00 bits per heavy atom. The van der Waals surface area contributed by atoms with E-state index in [1.165, 1.54) is 12.1 Å². The average Bonchev–Trinajstić information content (AvgIpc) is 2.45. The molecule has 2 N–H and O–H groups in total. The first-order valence-electron chi connectivity index (χ1n) is 6.80. The first-order valence-corrected chi connectivity index (χ1v) is 6.80. The van der Waals surface area contributed by atoms with Crippen molar-refractivity contribution in [1.82, 2.24) is 0 Å². The van der Waals surface area contributed by atoms with E-state index >= 15 is 0 Å². The molecule has 2 atom stereocenters. The van der Waals surface area contributed by atoms with Gasteiger partial charge in [-0.25, -0.2) is 4.39 Å². The van der Waals surface area contributed by atoms with Crippen molar-refractivity contribution < 1.29 is 9.13 Å². The van der Waals surface area contributed by atoms with Crippen molar-refractivity contribution in [3.05, 3.63) is 66.0 Å². The molecule has 0 saturated heterocycles. The quantitative estimate of drug-likeness (QED) is 0.896. The zero-order valence-corrected chi connectivity index (χ0v) is 11.8. The molecular weight excluding hydrogens is 253 g/mol. The van der Waals surface area contributed by atoms with Crippen LogP contribution in [0.5, 0.6) is 5.75 Å². The molecule has 0 aromatic heterocycles. The van der Waals surface area contributed by atoms with E-state index in [-0.39, 0.29) is 23.9 Å². The Bertz CT molecular complexity index is 542. The Morgan fingerprint density at radius 3 is 2.30 bits per heavy atom. The molecule has 106 valence electrons. The van der Waals surface area contributed by atoms with Gasteiger partial charge in [-0.3, -0.25) is 0 Å². The molecule has 0 aliphatic rings. The monoisotopic (exact) mass is 273 g/mol. The summed E-state index contributed by atoms with van der Waals surface area (Å²) < 4.78 is 19.1. The Morgan fingerprint density at radius 2 is 1.70 bits per heavy atom. The molecule has 0 saturated carbocycles. The summed E-state index contributed by atoms with van der Waals surface area (Å²) >= 11 is 0. The van der Waals surface area contributed by atoms with Gasteiger partial charge in [-0.15, -0.1) is 0 Å². The second-order valence-electron chi connectivity index (χ2n) is 5.22. The fourth-order valence-electron chi connectivity index (χ4n) is 2.19. The molecule has 20 heavy (non-hydrogen) atoms. The zero-order valence-electron chi connectivity index (χ0n) is 11.8. The van der Waals surface area contributed by atoms with Crippen molar-refractivity contribution in [1.29, 1.82) is 0 Å². The van der Waals surface area contributed by atoms with E-state index in [4.69, 9.17) is 10.5 Å². The summed E-state index contributed by atoms with van der Waals surface area (Å²) in [6.45, 7) is 4.10. The maximum atomic E-state index is 13.2. The highest BCUT2D eigenvalue weighted by Crippen LogP contribution is 2.25. The zero-order chi connectivity index (χ0) is 14.5. The van der Waals surface area contributed by atoms with E-state index in [2.05, 4.69) is 0 Å². The summed E-state index contributed by atoms with van der Waals surface area (Å²) in [5.74, 6) is 0.418. The molecule has 3 heteroatoms. The molecular formula is C17H20FNO. The second kappa shape index (κ2) is 6.53. The molecule has 0 bridgehead atoms. The normalized spacial score (nSPS) is 14.1. The first-order chi connectivity index (χ1) is 9.58. The maximum Gasteiger partial charge on any atom is 0.126 e. The highest BCUT2D eigenvalue weighted by molar-refractivity contribution is 5.25. The summed E-state index contributed by atoms with van der Waals surface area (Å²) in [5.41, 5.74) is 7.32. The molecule has 0 heterocycles. The Labute approximate surface area is 119 Å². The predicted octanol–water partition coefficient (Wildman–Crippen LogP) is 3.93. The number of hydrogen-bond donors (Lipinski definition) is 1. The first kappa shape index (κ1) is 14.5. The van der Waals surface area contributed by atoms with Gasteiger partial charge in [0, 0.05) is 6.07 Å². The molecule has 2 aromatic rings. The van der Waals surface area contributed by atoms with E-state index < -0.39 is 0 Å². The smallest absolute Gasteiger partial charge is 0.126 e. The van der Waals surface area contributed by atoms with Crippen LogP contribution in [0.1, 0.15) is 25.5 Å². The van der Waals surface area contributed by atoms with Crippen molar-refractivity contribution in [3.63, 3.8) is 0 Å². The number of hydrogen-bond acceptors (Lipinski definition) is 2. The van der Waals surface area contributed by atoms with Crippen molar-refractivity contribution >= 4 is 0 Å².